The molecule has 0 aliphatic carbocycles. The number of rotatable bonds is 6. The van der Waals surface area contributed by atoms with Gasteiger partial charge in [0.05, 0.1) is 10.5 Å². The van der Waals surface area contributed by atoms with Crippen LogP contribution in [0.25, 0.3) is 0 Å². The number of carbonyl (C=O) groups is 1. The molecule has 1 fully saturated rings. The predicted molar refractivity (Wildman–Crippen MR) is 83.6 cm³/mol. The molecule has 1 heterocycles. The predicted octanol–water partition coefficient (Wildman–Crippen LogP) is 2.60. The standard InChI is InChI=1S/C15H18F3N3O4/c16-15(17,18)11-3-4-12(13(10-11)21(24)25)20-8-6-19(7-9-20)5-1-2-14(22)23/h3-4,10H,1-2,5-9H2,(H,22,23). The maximum absolute atomic E-state index is 12.7. The maximum Gasteiger partial charge on any atom is 0.416 e. The summed E-state index contributed by atoms with van der Waals surface area (Å²) in [5, 5.41) is 19.8. The van der Waals surface area contributed by atoms with Gasteiger partial charge in [-0.25, -0.2) is 0 Å². The minimum atomic E-state index is -4.63. The first-order valence-corrected chi connectivity index (χ1v) is 7.73. The monoisotopic (exact) mass is 361 g/mol. The molecule has 1 aliphatic heterocycles. The molecule has 2 rings (SSSR count). The lowest BCUT2D eigenvalue weighted by atomic mass is 10.1. The topological polar surface area (TPSA) is 86.9 Å². The molecule has 1 aliphatic rings. The number of hydrogen-bond donors (Lipinski definition) is 1. The normalized spacial score (nSPS) is 16.0. The zero-order valence-corrected chi connectivity index (χ0v) is 13.3. The van der Waals surface area contributed by atoms with Crippen LogP contribution in [0.5, 0.6) is 0 Å². The van der Waals surface area contributed by atoms with Crippen molar-refractivity contribution < 1.29 is 28.0 Å². The number of anilines is 1. The fraction of sp³-hybridized carbons (Fsp3) is 0.533. The summed E-state index contributed by atoms with van der Waals surface area (Å²) in [4.78, 5) is 24.6. The van der Waals surface area contributed by atoms with Crippen LogP contribution in [0, 0.1) is 10.1 Å². The molecule has 0 radical (unpaired) electrons. The SMILES string of the molecule is O=C(O)CCCN1CCN(c2ccc(C(F)(F)F)cc2[N+](=O)[O-])CC1. The molecule has 1 N–H and O–H groups in total. The van der Waals surface area contributed by atoms with Gasteiger partial charge >= 0.3 is 12.1 Å². The van der Waals surface area contributed by atoms with Gasteiger partial charge in [0.25, 0.3) is 5.69 Å². The van der Waals surface area contributed by atoms with Crippen LogP contribution < -0.4 is 4.90 Å². The number of hydrogen-bond acceptors (Lipinski definition) is 5. The summed E-state index contributed by atoms with van der Waals surface area (Å²) in [6.45, 7) is 2.60. The van der Waals surface area contributed by atoms with E-state index in [1.54, 1.807) is 4.90 Å². The van der Waals surface area contributed by atoms with Crippen molar-refractivity contribution in [1.29, 1.82) is 0 Å². The third kappa shape index (κ3) is 5.05. The van der Waals surface area contributed by atoms with Crippen LogP contribution in [0.15, 0.2) is 18.2 Å². The molecule has 0 saturated carbocycles. The number of carboxylic acids is 1. The second kappa shape index (κ2) is 7.68. The first-order valence-electron chi connectivity index (χ1n) is 7.73. The van der Waals surface area contributed by atoms with E-state index in [2.05, 4.69) is 0 Å². The van der Waals surface area contributed by atoms with Gasteiger partial charge in [-0.05, 0) is 25.1 Å². The molecular weight excluding hydrogens is 343 g/mol. The molecule has 25 heavy (non-hydrogen) atoms. The van der Waals surface area contributed by atoms with Gasteiger partial charge in [0, 0.05) is 38.7 Å². The van der Waals surface area contributed by atoms with Gasteiger partial charge in [0.2, 0.25) is 0 Å². The van der Waals surface area contributed by atoms with Crippen molar-refractivity contribution in [3.8, 4) is 0 Å². The number of nitro benzene ring substituents is 1. The van der Waals surface area contributed by atoms with Gasteiger partial charge in [-0.2, -0.15) is 13.2 Å². The summed E-state index contributed by atoms with van der Waals surface area (Å²) in [6.07, 6.45) is -4.05. The van der Waals surface area contributed by atoms with Crippen LogP contribution in [-0.4, -0.2) is 53.6 Å². The van der Waals surface area contributed by atoms with Crippen LogP contribution in [0.2, 0.25) is 0 Å². The van der Waals surface area contributed by atoms with E-state index in [4.69, 9.17) is 5.11 Å². The number of nitrogens with zero attached hydrogens (tertiary/aromatic N) is 3. The number of alkyl halides is 3. The molecule has 1 saturated heterocycles. The molecular formula is C15H18F3N3O4. The van der Waals surface area contributed by atoms with Gasteiger partial charge in [0.15, 0.2) is 0 Å². The fourth-order valence-corrected chi connectivity index (χ4v) is 2.78. The average Bonchev–Trinajstić information content (AvgIpc) is 2.53. The van der Waals surface area contributed by atoms with Crippen LogP contribution in [0.1, 0.15) is 18.4 Å². The molecule has 0 bridgehead atoms. The van der Waals surface area contributed by atoms with E-state index in [9.17, 15) is 28.1 Å². The van der Waals surface area contributed by atoms with E-state index in [0.717, 1.165) is 12.1 Å². The second-order valence-corrected chi connectivity index (χ2v) is 5.78. The van der Waals surface area contributed by atoms with Crippen LogP contribution >= 0.6 is 0 Å². The lowest BCUT2D eigenvalue weighted by Crippen LogP contribution is -2.46. The van der Waals surface area contributed by atoms with Gasteiger partial charge in [-0.1, -0.05) is 0 Å². The van der Waals surface area contributed by atoms with E-state index >= 15 is 0 Å². The Kier molecular flexibility index (Phi) is 5.83. The summed E-state index contributed by atoms with van der Waals surface area (Å²) in [5.41, 5.74) is -1.44. The van der Waals surface area contributed by atoms with Crippen molar-refractivity contribution in [2.45, 2.75) is 19.0 Å². The Bertz CT molecular complexity index is 643. The van der Waals surface area contributed by atoms with Crippen molar-refractivity contribution in [1.82, 2.24) is 4.90 Å². The fourth-order valence-electron chi connectivity index (χ4n) is 2.78. The number of aliphatic carboxylic acids is 1. The summed E-state index contributed by atoms with van der Waals surface area (Å²) in [6, 6.07) is 2.55. The summed E-state index contributed by atoms with van der Waals surface area (Å²) >= 11 is 0. The quantitative estimate of drug-likeness (QED) is 0.619. The Balaban J connectivity index is 2.05. The highest BCUT2D eigenvalue weighted by Gasteiger charge is 2.34. The average molecular weight is 361 g/mol. The van der Waals surface area contributed by atoms with Crippen LogP contribution in [0.3, 0.4) is 0 Å². The molecule has 0 aromatic heterocycles. The van der Waals surface area contributed by atoms with E-state index < -0.39 is 28.3 Å². The molecule has 0 amide bonds. The van der Waals surface area contributed by atoms with E-state index in [1.807, 2.05) is 4.90 Å². The highest BCUT2D eigenvalue weighted by molar-refractivity contribution is 5.66. The zero-order valence-electron chi connectivity index (χ0n) is 13.3. The second-order valence-electron chi connectivity index (χ2n) is 5.78. The number of carboxylic acid groups (broad SMARTS) is 1. The molecule has 0 atom stereocenters. The Hall–Kier alpha value is -2.36. The largest absolute Gasteiger partial charge is 0.481 e. The molecule has 1 aromatic carbocycles. The summed E-state index contributed by atoms with van der Waals surface area (Å²) < 4.78 is 38.2. The lowest BCUT2D eigenvalue weighted by Gasteiger charge is -2.35. The molecule has 0 spiro atoms. The van der Waals surface area contributed by atoms with Crippen LogP contribution in [0.4, 0.5) is 24.5 Å². The Labute approximate surface area is 141 Å². The third-order valence-electron chi connectivity index (χ3n) is 4.08. The van der Waals surface area contributed by atoms with Crippen molar-refractivity contribution in [2.75, 3.05) is 37.6 Å². The Morgan fingerprint density at radius 2 is 1.88 bits per heavy atom. The number of nitro groups is 1. The molecule has 10 heteroatoms. The highest BCUT2D eigenvalue weighted by Crippen LogP contribution is 2.36. The van der Waals surface area contributed by atoms with Crippen molar-refractivity contribution in [3.63, 3.8) is 0 Å². The molecule has 138 valence electrons. The Morgan fingerprint density at radius 1 is 1.24 bits per heavy atom. The molecule has 7 nitrogen and oxygen atoms in total. The summed E-state index contributed by atoms with van der Waals surface area (Å²) in [5.74, 6) is -0.862. The minimum Gasteiger partial charge on any atom is -0.481 e. The maximum atomic E-state index is 12.7. The first-order chi connectivity index (χ1) is 11.7. The van der Waals surface area contributed by atoms with Gasteiger partial charge in [-0.15, -0.1) is 0 Å². The number of piperazine rings is 1. The minimum absolute atomic E-state index is 0.0740. The Morgan fingerprint density at radius 3 is 2.40 bits per heavy atom. The molecule has 0 unspecified atom stereocenters. The van der Waals surface area contributed by atoms with Crippen molar-refractivity contribution >= 4 is 17.3 Å². The lowest BCUT2D eigenvalue weighted by molar-refractivity contribution is -0.384. The zero-order chi connectivity index (χ0) is 18.6. The first kappa shape index (κ1) is 19.0. The highest BCUT2D eigenvalue weighted by atomic mass is 19.4. The van der Waals surface area contributed by atoms with Crippen molar-refractivity contribution in [3.05, 3.63) is 33.9 Å². The summed E-state index contributed by atoms with van der Waals surface area (Å²) in [7, 11) is 0. The van der Waals surface area contributed by atoms with Crippen molar-refractivity contribution in [2.24, 2.45) is 0 Å². The van der Waals surface area contributed by atoms with E-state index in [1.165, 1.54) is 0 Å². The van der Waals surface area contributed by atoms with Gasteiger partial charge in [-0.3, -0.25) is 19.8 Å². The molecule has 1 aromatic rings. The van der Waals surface area contributed by atoms with Crippen LogP contribution in [-0.2, 0) is 11.0 Å². The smallest absolute Gasteiger partial charge is 0.416 e. The number of benzene rings is 1. The van der Waals surface area contributed by atoms with E-state index in [0.29, 0.717) is 45.2 Å². The van der Waals surface area contributed by atoms with Gasteiger partial charge < -0.3 is 10.0 Å². The van der Waals surface area contributed by atoms with Gasteiger partial charge in [0.1, 0.15) is 5.69 Å². The number of halogens is 3. The van der Waals surface area contributed by atoms with E-state index in [-0.39, 0.29) is 12.1 Å². The third-order valence-corrected chi connectivity index (χ3v) is 4.08.